The Hall–Kier alpha value is -1.18. The number of nitrogen functional groups attached to an aromatic ring is 1. The van der Waals surface area contributed by atoms with Gasteiger partial charge in [-0.2, -0.15) is 0 Å². The van der Waals surface area contributed by atoms with Crippen LogP contribution >= 0.6 is 23.2 Å². The fraction of sp³-hybridized carbons (Fsp3) is 0.0769. The number of rotatable bonds is 1. The second kappa shape index (κ2) is 4.36. The van der Waals surface area contributed by atoms with Gasteiger partial charge in [0.05, 0.1) is 0 Å². The van der Waals surface area contributed by atoms with Gasteiger partial charge in [-0.1, -0.05) is 29.3 Å². The molecule has 82 valence electrons. The highest BCUT2D eigenvalue weighted by molar-refractivity contribution is 6.35. The van der Waals surface area contributed by atoms with Gasteiger partial charge in [0.2, 0.25) is 0 Å². The van der Waals surface area contributed by atoms with Gasteiger partial charge in [-0.3, -0.25) is 0 Å². The number of benzene rings is 2. The minimum atomic E-state index is 0.666. The Morgan fingerprint density at radius 2 is 1.75 bits per heavy atom. The molecule has 0 spiro atoms. The van der Waals surface area contributed by atoms with Crippen LogP contribution in [0.15, 0.2) is 36.4 Å². The summed E-state index contributed by atoms with van der Waals surface area (Å²) in [6.45, 7) is 2.00. The Balaban J connectivity index is 2.62. The fourth-order valence-electron chi connectivity index (χ4n) is 1.69. The Morgan fingerprint density at radius 3 is 2.44 bits per heavy atom. The summed E-state index contributed by atoms with van der Waals surface area (Å²) in [4.78, 5) is 0. The average molecular weight is 252 g/mol. The predicted molar refractivity (Wildman–Crippen MR) is 71.0 cm³/mol. The molecule has 0 radical (unpaired) electrons. The zero-order valence-electron chi connectivity index (χ0n) is 8.80. The number of halogens is 2. The molecule has 16 heavy (non-hydrogen) atoms. The van der Waals surface area contributed by atoms with Crippen LogP contribution in [0.4, 0.5) is 5.69 Å². The summed E-state index contributed by atoms with van der Waals surface area (Å²) in [5, 5.41) is 1.34. The molecule has 0 atom stereocenters. The molecular formula is C13H11Cl2N. The second-order valence-electron chi connectivity index (χ2n) is 3.76. The molecule has 0 heterocycles. The third-order valence-electron chi connectivity index (χ3n) is 2.34. The molecule has 3 heteroatoms. The van der Waals surface area contributed by atoms with Crippen molar-refractivity contribution in [1.82, 2.24) is 0 Å². The largest absolute Gasteiger partial charge is 0.399 e. The molecule has 0 aromatic heterocycles. The smallest absolute Gasteiger partial charge is 0.0485 e. The number of hydrogen-bond donors (Lipinski definition) is 1. The molecule has 0 aliphatic heterocycles. The molecule has 2 aromatic carbocycles. The minimum absolute atomic E-state index is 0.666. The van der Waals surface area contributed by atoms with Crippen molar-refractivity contribution in [1.29, 1.82) is 0 Å². The summed E-state index contributed by atoms with van der Waals surface area (Å²) in [6, 6.07) is 11.3. The second-order valence-corrected chi connectivity index (χ2v) is 4.60. The highest BCUT2D eigenvalue weighted by Gasteiger charge is 2.05. The van der Waals surface area contributed by atoms with E-state index in [4.69, 9.17) is 28.9 Å². The van der Waals surface area contributed by atoms with Crippen molar-refractivity contribution in [3.8, 4) is 11.1 Å². The Bertz CT molecular complexity index is 515. The number of anilines is 1. The van der Waals surface area contributed by atoms with E-state index >= 15 is 0 Å². The van der Waals surface area contributed by atoms with Crippen LogP contribution in [0.3, 0.4) is 0 Å². The summed E-state index contributed by atoms with van der Waals surface area (Å²) in [7, 11) is 0. The maximum atomic E-state index is 6.14. The molecule has 2 rings (SSSR count). The third kappa shape index (κ3) is 2.31. The van der Waals surface area contributed by atoms with Crippen LogP contribution in [-0.4, -0.2) is 0 Å². The minimum Gasteiger partial charge on any atom is -0.399 e. The van der Waals surface area contributed by atoms with E-state index in [9.17, 15) is 0 Å². The molecule has 0 amide bonds. The average Bonchev–Trinajstić information content (AvgIpc) is 2.20. The normalized spacial score (nSPS) is 10.4. The Kier molecular flexibility index (Phi) is 3.08. The maximum Gasteiger partial charge on any atom is 0.0485 e. The van der Waals surface area contributed by atoms with E-state index in [1.165, 1.54) is 0 Å². The molecule has 0 bridgehead atoms. The SMILES string of the molecule is Cc1cc(N)cc(-c2cc(Cl)ccc2Cl)c1. The number of nitrogens with two attached hydrogens (primary N) is 1. The highest BCUT2D eigenvalue weighted by atomic mass is 35.5. The molecule has 0 saturated heterocycles. The Labute approximate surface area is 105 Å². The van der Waals surface area contributed by atoms with E-state index in [0.717, 1.165) is 22.4 Å². The van der Waals surface area contributed by atoms with Crippen molar-refractivity contribution in [2.45, 2.75) is 6.92 Å². The van der Waals surface area contributed by atoms with Gasteiger partial charge in [-0.05, 0) is 48.4 Å². The summed E-state index contributed by atoms with van der Waals surface area (Å²) >= 11 is 12.1. The third-order valence-corrected chi connectivity index (χ3v) is 2.90. The van der Waals surface area contributed by atoms with Gasteiger partial charge >= 0.3 is 0 Å². The van der Waals surface area contributed by atoms with Crippen molar-refractivity contribution >= 4 is 28.9 Å². The van der Waals surface area contributed by atoms with Crippen LogP contribution in [0.5, 0.6) is 0 Å². The molecule has 1 nitrogen and oxygen atoms in total. The summed E-state index contributed by atoms with van der Waals surface area (Å²) in [6.07, 6.45) is 0. The first-order valence-electron chi connectivity index (χ1n) is 4.89. The first-order valence-corrected chi connectivity index (χ1v) is 5.64. The predicted octanol–water partition coefficient (Wildman–Crippen LogP) is 4.55. The summed E-state index contributed by atoms with van der Waals surface area (Å²) in [5.41, 5.74) is 9.54. The van der Waals surface area contributed by atoms with Gasteiger partial charge in [0, 0.05) is 21.3 Å². The van der Waals surface area contributed by atoms with Crippen LogP contribution in [0.2, 0.25) is 10.0 Å². The van der Waals surface area contributed by atoms with Gasteiger partial charge in [0.1, 0.15) is 0 Å². The first kappa shape index (κ1) is 11.3. The van der Waals surface area contributed by atoms with Crippen LogP contribution in [-0.2, 0) is 0 Å². The van der Waals surface area contributed by atoms with Crippen molar-refractivity contribution in [2.24, 2.45) is 0 Å². The van der Waals surface area contributed by atoms with Gasteiger partial charge in [0.25, 0.3) is 0 Å². The van der Waals surface area contributed by atoms with E-state index in [1.807, 2.05) is 31.2 Å². The molecular weight excluding hydrogens is 241 g/mol. The standard InChI is InChI=1S/C13H11Cl2N/c1-8-4-9(6-11(16)5-8)12-7-10(14)2-3-13(12)15/h2-7H,16H2,1H3. The molecule has 0 aliphatic carbocycles. The van der Waals surface area contributed by atoms with Gasteiger partial charge in [-0.15, -0.1) is 0 Å². The molecule has 2 aromatic rings. The zero-order valence-corrected chi connectivity index (χ0v) is 10.3. The van der Waals surface area contributed by atoms with Crippen LogP contribution in [0.25, 0.3) is 11.1 Å². The lowest BCUT2D eigenvalue weighted by atomic mass is 10.0. The lowest BCUT2D eigenvalue weighted by Gasteiger charge is -2.07. The molecule has 0 saturated carbocycles. The quantitative estimate of drug-likeness (QED) is 0.740. The highest BCUT2D eigenvalue weighted by Crippen LogP contribution is 2.32. The van der Waals surface area contributed by atoms with Crippen molar-refractivity contribution in [3.63, 3.8) is 0 Å². The number of aryl methyl sites for hydroxylation is 1. The summed E-state index contributed by atoms with van der Waals surface area (Å²) in [5.74, 6) is 0. The van der Waals surface area contributed by atoms with Gasteiger partial charge in [0.15, 0.2) is 0 Å². The van der Waals surface area contributed by atoms with E-state index in [0.29, 0.717) is 10.0 Å². The van der Waals surface area contributed by atoms with Crippen LogP contribution in [0.1, 0.15) is 5.56 Å². The topological polar surface area (TPSA) is 26.0 Å². The fourth-order valence-corrected chi connectivity index (χ4v) is 2.09. The van der Waals surface area contributed by atoms with Gasteiger partial charge < -0.3 is 5.73 Å². The van der Waals surface area contributed by atoms with Crippen molar-refractivity contribution in [3.05, 3.63) is 52.0 Å². The first-order chi connectivity index (χ1) is 7.56. The van der Waals surface area contributed by atoms with Crippen molar-refractivity contribution in [2.75, 3.05) is 5.73 Å². The molecule has 0 aliphatic rings. The van der Waals surface area contributed by atoms with Gasteiger partial charge in [-0.25, -0.2) is 0 Å². The summed E-state index contributed by atoms with van der Waals surface area (Å²) < 4.78 is 0. The molecule has 2 N–H and O–H groups in total. The Morgan fingerprint density at radius 1 is 1.00 bits per heavy atom. The lowest BCUT2D eigenvalue weighted by molar-refractivity contribution is 1.47. The maximum absolute atomic E-state index is 6.14. The molecule has 0 unspecified atom stereocenters. The lowest BCUT2D eigenvalue weighted by Crippen LogP contribution is -1.88. The van der Waals surface area contributed by atoms with E-state index in [1.54, 1.807) is 12.1 Å². The monoisotopic (exact) mass is 251 g/mol. The van der Waals surface area contributed by atoms with E-state index in [-0.39, 0.29) is 0 Å². The van der Waals surface area contributed by atoms with Crippen molar-refractivity contribution < 1.29 is 0 Å². The van der Waals surface area contributed by atoms with E-state index in [2.05, 4.69) is 0 Å². The molecule has 0 fully saturated rings. The number of hydrogen-bond acceptors (Lipinski definition) is 1. The zero-order chi connectivity index (χ0) is 11.7. The van der Waals surface area contributed by atoms with Crippen LogP contribution in [0, 0.1) is 6.92 Å². The van der Waals surface area contributed by atoms with E-state index < -0.39 is 0 Å². The van der Waals surface area contributed by atoms with Crippen LogP contribution < -0.4 is 5.73 Å².